The lowest BCUT2D eigenvalue weighted by atomic mass is 10.0. The van der Waals surface area contributed by atoms with Crippen LogP contribution in [0.25, 0.3) is 0 Å². The van der Waals surface area contributed by atoms with E-state index >= 15 is 0 Å². The van der Waals surface area contributed by atoms with Crippen LogP contribution in [0.5, 0.6) is 0 Å². The molecule has 0 saturated carbocycles. The summed E-state index contributed by atoms with van der Waals surface area (Å²) in [6.07, 6.45) is 0. The molecule has 0 bridgehead atoms. The van der Waals surface area contributed by atoms with E-state index in [9.17, 15) is 4.79 Å². The van der Waals surface area contributed by atoms with Gasteiger partial charge in [0.25, 0.3) is 5.91 Å². The van der Waals surface area contributed by atoms with Crippen molar-refractivity contribution in [2.45, 2.75) is 19.8 Å². The summed E-state index contributed by atoms with van der Waals surface area (Å²) >= 11 is 3.34. The lowest BCUT2D eigenvalue weighted by molar-refractivity contribution is 0.102. The molecule has 0 radical (unpaired) electrons. The summed E-state index contributed by atoms with van der Waals surface area (Å²) < 4.78 is 0.884. The lowest BCUT2D eigenvalue weighted by Crippen LogP contribution is -2.13. The molecule has 0 unspecified atom stereocenters. The first kappa shape index (κ1) is 14.6. The van der Waals surface area contributed by atoms with Crippen LogP contribution in [-0.2, 0) is 0 Å². The van der Waals surface area contributed by atoms with E-state index in [1.807, 2.05) is 30.3 Å². The molecule has 0 spiro atoms. The molecular weight excluding hydrogens is 316 g/mol. The molecule has 0 atom stereocenters. The SMILES string of the molecule is CC(C)c1ccc(C(=O)Nc2ccc(Br)cc2N)cc1. The molecule has 0 heterocycles. The Balaban J connectivity index is 2.15. The highest BCUT2D eigenvalue weighted by molar-refractivity contribution is 9.10. The van der Waals surface area contributed by atoms with Crippen molar-refractivity contribution in [2.24, 2.45) is 0 Å². The van der Waals surface area contributed by atoms with Crippen molar-refractivity contribution in [1.82, 2.24) is 0 Å². The number of halogens is 1. The number of nitrogen functional groups attached to an aromatic ring is 1. The summed E-state index contributed by atoms with van der Waals surface area (Å²) in [5.41, 5.74) is 8.85. The van der Waals surface area contributed by atoms with Gasteiger partial charge in [-0.2, -0.15) is 0 Å². The van der Waals surface area contributed by atoms with Crippen LogP contribution in [0.15, 0.2) is 46.9 Å². The zero-order chi connectivity index (χ0) is 14.7. The smallest absolute Gasteiger partial charge is 0.255 e. The quantitative estimate of drug-likeness (QED) is 0.818. The molecule has 0 aliphatic rings. The number of amides is 1. The molecule has 0 aliphatic carbocycles. The van der Waals surface area contributed by atoms with E-state index in [1.165, 1.54) is 5.56 Å². The highest BCUT2D eigenvalue weighted by Crippen LogP contribution is 2.23. The fourth-order valence-electron chi connectivity index (χ4n) is 1.86. The number of carbonyl (C=O) groups excluding carboxylic acids is 1. The normalized spacial score (nSPS) is 10.6. The Hall–Kier alpha value is -1.81. The third-order valence-corrected chi connectivity index (χ3v) is 3.59. The van der Waals surface area contributed by atoms with Gasteiger partial charge in [0.15, 0.2) is 0 Å². The molecule has 20 heavy (non-hydrogen) atoms. The molecule has 0 fully saturated rings. The second-order valence-corrected chi connectivity index (χ2v) is 5.88. The minimum atomic E-state index is -0.158. The number of hydrogen-bond donors (Lipinski definition) is 2. The maximum absolute atomic E-state index is 12.2. The summed E-state index contributed by atoms with van der Waals surface area (Å²) in [6.45, 7) is 4.25. The Kier molecular flexibility index (Phi) is 4.45. The molecule has 4 heteroatoms. The van der Waals surface area contributed by atoms with E-state index in [-0.39, 0.29) is 5.91 Å². The largest absolute Gasteiger partial charge is 0.397 e. The van der Waals surface area contributed by atoms with Crippen molar-refractivity contribution in [3.05, 3.63) is 58.1 Å². The van der Waals surface area contributed by atoms with E-state index in [1.54, 1.807) is 12.1 Å². The van der Waals surface area contributed by atoms with Crippen LogP contribution in [0.2, 0.25) is 0 Å². The Morgan fingerprint density at radius 3 is 2.35 bits per heavy atom. The zero-order valence-electron chi connectivity index (χ0n) is 11.5. The van der Waals surface area contributed by atoms with Gasteiger partial charge in [0, 0.05) is 10.0 Å². The second kappa shape index (κ2) is 6.09. The van der Waals surface area contributed by atoms with Crippen LogP contribution in [0.4, 0.5) is 11.4 Å². The third-order valence-electron chi connectivity index (χ3n) is 3.10. The van der Waals surface area contributed by atoms with Crippen LogP contribution < -0.4 is 11.1 Å². The fourth-order valence-corrected chi connectivity index (χ4v) is 2.24. The Labute approximate surface area is 127 Å². The topological polar surface area (TPSA) is 55.1 Å². The highest BCUT2D eigenvalue weighted by Gasteiger charge is 2.09. The molecule has 104 valence electrons. The minimum absolute atomic E-state index is 0.158. The van der Waals surface area contributed by atoms with Gasteiger partial charge >= 0.3 is 0 Å². The van der Waals surface area contributed by atoms with Gasteiger partial charge in [0.2, 0.25) is 0 Å². The fraction of sp³-hybridized carbons (Fsp3) is 0.188. The first-order chi connectivity index (χ1) is 9.47. The predicted molar refractivity (Wildman–Crippen MR) is 87.0 cm³/mol. The van der Waals surface area contributed by atoms with Gasteiger partial charge < -0.3 is 11.1 Å². The molecule has 3 N–H and O–H groups in total. The highest BCUT2D eigenvalue weighted by atomic mass is 79.9. The van der Waals surface area contributed by atoms with Gasteiger partial charge in [-0.3, -0.25) is 4.79 Å². The van der Waals surface area contributed by atoms with Crippen molar-refractivity contribution in [3.8, 4) is 0 Å². The van der Waals surface area contributed by atoms with Crippen LogP contribution in [0, 0.1) is 0 Å². The third kappa shape index (κ3) is 3.39. The van der Waals surface area contributed by atoms with Crippen LogP contribution in [0.1, 0.15) is 35.7 Å². The Bertz CT molecular complexity index is 621. The predicted octanol–water partition coefficient (Wildman–Crippen LogP) is 4.41. The van der Waals surface area contributed by atoms with Gasteiger partial charge in [-0.1, -0.05) is 41.9 Å². The summed E-state index contributed by atoms with van der Waals surface area (Å²) in [6, 6.07) is 13.0. The maximum Gasteiger partial charge on any atom is 0.255 e. The van der Waals surface area contributed by atoms with Gasteiger partial charge in [0.05, 0.1) is 11.4 Å². The number of benzene rings is 2. The molecule has 0 aliphatic heterocycles. The molecule has 1 amide bonds. The number of nitrogens with two attached hydrogens (primary N) is 1. The van der Waals surface area contributed by atoms with E-state index in [4.69, 9.17) is 5.73 Å². The van der Waals surface area contributed by atoms with Crippen molar-refractivity contribution >= 4 is 33.2 Å². The molecule has 2 aromatic rings. The molecule has 2 aromatic carbocycles. The summed E-state index contributed by atoms with van der Waals surface area (Å²) in [7, 11) is 0. The van der Waals surface area contributed by atoms with Gasteiger partial charge in [-0.15, -0.1) is 0 Å². The molecule has 3 nitrogen and oxygen atoms in total. The Morgan fingerprint density at radius 1 is 1.15 bits per heavy atom. The van der Waals surface area contributed by atoms with Crippen molar-refractivity contribution in [2.75, 3.05) is 11.1 Å². The van der Waals surface area contributed by atoms with Crippen LogP contribution >= 0.6 is 15.9 Å². The lowest BCUT2D eigenvalue weighted by Gasteiger charge is -2.10. The van der Waals surface area contributed by atoms with Crippen molar-refractivity contribution in [3.63, 3.8) is 0 Å². The summed E-state index contributed by atoms with van der Waals surface area (Å²) in [5.74, 6) is 0.295. The van der Waals surface area contributed by atoms with Crippen LogP contribution in [-0.4, -0.2) is 5.91 Å². The number of hydrogen-bond acceptors (Lipinski definition) is 2. The number of nitrogens with one attached hydrogen (secondary N) is 1. The minimum Gasteiger partial charge on any atom is -0.397 e. The van der Waals surface area contributed by atoms with E-state index < -0.39 is 0 Å². The van der Waals surface area contributed by atoms with E-state index in [0.29, 0.717) is 22.9 Å². The molecule has 0 aromatic heterocycles. The zero-order valence-corrected chi connectivity index (χ0v) is 13.1. The molecule has 0 saturated heterocycles. The van der Waals surface area contributed by atoms with Crippen LogP contribution in [0.3, 0.4) is 0 Å². The summed E-state index contributed by atoms with van der Waals surface area (Å²) in [4.78, 5) is 12.2. The molecule has 2 rings (SSSR count). The Morgan fingerprint density at radius 2 is 1.80 bits per heavy atom. The number of carbonyl (C=O) groups is 1. The maximum atomic E-state index is 12.2. The van der Waals surface area contributed by atoms with Crippen molar-refractivity contribution in [1.29, 1.82) is 0 Å². The monoisotopic (exact) mass is 332 g/mol. The standard InChI is InChI=1S/C16H17BrN2O/c1-10(2)11-3-5-12(6-4-11)16(20)19-15-8-7-13(17)9-14(15)18/h3-10H,18H2,1-2H3,(H,19,20). The van der Waals surface area contributed by atoms with Gasteiger partial charge in [-0.05, 0) is 41.8 Å². The first-order valence-electron chi connectivity index (χ1n) is 6.43. The van der Waals surface area contributed by atoms with Gasteiger partial charge in [-0.25, -0.2) is 0 Å². The summed E-state index contributed by atoms with van der Waals surface area (Å²) in [5, 5.41) is 2.82. The van der Waals surface area contributed by atoms with E-state index in [0.717, 1.165) is 4.47 Å². The van der Waals surface area contributed by atoms with Gasteiger partial charge in [0.1, 0.15) is 0 Å². The average molecular weight is 333 g/mol. The van der Waals surface area contributed by atoms with Crippen molar-refractivity contribution < 1.29 is 4.79 Å². The number of rotatable bonds is 3. The number of anilines is 2. The second-order valence-electron chi connectivity index (χ2n) is 4.96. The van der Waals surface area contributed by atoms with E-state index in [2.05, 4.69) is 35.1 Å². The average Bonchev–Trinajstić information content (AvgIpc) is 2.42. The first-order valence-corrected chi connectivity index (χ1v) is 7.23. The molecular formula is C16H17BrN2O.